The highest BCUT2D eigenvalue weighted by molar-refractivity contribution is 5.94. The lowest BCUT2D eigenvalue weighted by Crippen LogP contribution is -2.31. The number of hydrogen-bond acceptors (Lipinski definition) is 3. The fourth-order valence-electron chi connectivity index (χ4n) is 1.39. The van der Waals surface area contributed by atoms with E-state index in [-0.39, 0.29) is 17.2 Å². The molecule has 0 amide bonds. The van der Waals surface area contributed by atoms with Gasteiger partial charge in [-0.25, -0.2) is 4.99 Å². The van der Waals surface area contributed by atoms with Crippen molar-refractivity contribution in [2.45, 2.75) is 40.3 Å². The molecule has 1 atom stereocenters. The van der Waals surface area contributed by atoms with Gasteiger partial charge in [0.1, 0.15) is 5.75 Å². The van der Waals surface area contributed by atoms with E-state index in [1.54, 1.807) is 12.1 Å². The first-order valence-corrected chi connectivity index (χ1v) is 6.77. The molecule has 120 valence electrons. The van der Waals surface area contributed by atoms with Crippen LogP contribution in [0.5, 0.6) is 5.75 Å². The largest absolute Gasteiger partial charge is 0.435 e. The van der Waals surface area contributed by atoms with Gasteiger partial charge in [-0.1, -0.05) is 20.8 Å². The molecule has 0 saturated heterocycles. The van der Waals surface area contributed by atoms with E-state index in [1.165, 1.54) is 12.1 Å². The van der Waals surface area contributed by atoms with Crippen molar-refractivity contribution in [3.8, 4) is 11.9 Å². The zero-order valence-electron chi connectivity index (χ0n) is 13.0. The van der Waals surface area contributed by atoms with Gasteiger partial charge in [0.2, 0.25) is 5.96 Å². The molecule has 22 heavy (non-hydrogen) atoms. The number of hydrogen-bond donors (Lipinski definition) is 2. The zero-order valence-corrected chi connectivity index (χ0v) is 13.0. The summed E-state index contributed by atoms with van der Waals surface area (Å²) in [5, 5.41) is 14.2. The van der Waals surface area contributed by atoms with Gasteiger partial charge in [-0.2, -0.15) is 14.0 Å². The Morgan fingerprint density at radius 1 is 1.27 bits per heavy atom. The Hall–Kier alpha value is -2.36. The third-order valence-electron chi connectivity index (χ3n) is 3.09. The predicted octanol–water partition coefficient (Wildman–Crippen LogP) is 3.56. The standard InChI is InChI=1S/C15H20F2N4O/c1-10(15(2,3)4)20-14(19-9-18)21-11-5-7-12(8-6-11)22-13(16)17/h5-8,10,13H,1-4H3,(H2,19,20,21). The molecule has 0 heterocycles. The van der Waals surface area contributed by atoms with Gasteiger partial charge in [-0.05, 0) is 36.6 Å². The Balaban J connectivity index is 2.83. The van der Waals surface area contributed by atoms with Gasteiger partial charge >= 0.3 is 6.61 Å². The van der Waals surface area contributed by atoms with Crippen molar-refractivity contribution in [2.24, 2.45) is 10.4 Å². The van der Waals surface area contributed by atoms with E-state index < -0.39 is 6.61 Å². The van der Waals surface area contributed by atoms with Crippen LogP contribution in [-0.4, -0.2) is 18.6 Å². The molecule has 0 saturated carbocycles. The van der Waals surface area contributed by atoms with E-state index in [9.17, 15) is 8.78 Å². The van der Waals surface area contributed by atoms with E-state index in [0.29, 0.717) is 11.6 Å². The van der Waals surface area contributed by atoms with Crippen LogP contribution in [0.1, 0.15) is 27.7 Å². The first kappa shape index (κ1) is 17.7. The Morgan fingerprint density at radius 2 is 1.86 bits per heavy atom. The van der Waals surface area contributed by atoms with Crippen LogP contribution < -0.4 is 15.4 Å². The molecular formula is C15H20F2N4O. The molecule has 0 aliphatic carbocycles. The number of aliphatic imine (C=N–C) groups is 1. The molecule has 5 nitrogen and oxygen atoms in total. The van der Waals surface area contributed by atoms with Crippen LogP contribution in [-0.2, 0) is 0 Å². The molecule has 0 fully saturated rings. The molecular weight excluding hydrogens is 290 g/mol. The van der Waals surface area contributed by atoms with Gasteiger partial charge in [0, 0.05) is 5.69 Å². The summed E-state index contributed by atoms with van der Waals surface area (Å²) in [4.78, 5) is 4.42. The van der Waals surface area contributed by atoms with E-state index in [1.807, 2.05) is 33.9 Å². The smallest absolute Gasteiger partial charge is 0.387 e. The molecule has 1 unspecified atom stereocenters. The fraction of sp³-hybridized carbons (Fsp3) is 0.467. The summed E-state index contributed by atoms with van der Waals surface area (Å²) in [6, 6.07) is 5.91. The molecule has 1 aromatic carbocycles. The van der Waals surface area contributed by atoms with Gasteiger partial charge in [-0.3, -0.25) is 5.32 Å². The molecule has 7 heteroatoms. The number of guanidine groups is 1. The summed E-state index contributed by atoms with van der Waals surface area (Å²) in [7, 11) is 0. The maximum atomic E-state index is 12.1. The quantitative estimate of drug-likeness (QED) is 0.386. The number of rotatable bonds is 4. The van der Waals surface area contributed by atoms with Crippen LogP contribution in [0.3, 0.4) is 0 Å². The first-order chi connectivity index (χ1) is 10.2. The predicted molar refractivity (Wildman–Crippen MR) is 81.8 cm³/mol. The minimum absolute atomic E-state index is 0.0303. The number of nitriles is 1. The van der Waals surface area contributed by atoms with E-state index in [0.717, 1.165) is 0 Å². The number of ether oxygens (including phenoxy) is 1. The third-order valence-corrected chi connectivity index (χ3v) is 3.09. The van der Waals surface area contributed by atoms with Crippen LogP contribution in [0.4, 0.5) is 14.5 Å². The van der Waals surface area contributed by atoms with Crippen molar-refractivity contribution in [2.75, 3.05) is 5.32 Å². The maximum absolute atomic E-state index is 12.1. The Labute approximate surface area is 129 Å². The highest BCUT2D eigenvalue weighted by Crippen LogP contribution is 2.22. The van der Waals surface area contributed by atoms with Crippen molar-refractivity contribution < 1.29 is 13.5 Å². The van der Waals surface area contributed by atoms with Crippen molar-refractivity contribution in [3.63, 3.8) is 0 Å². The lowest BCUT2D eigenvalue weighted by atomic mass is 9.88. The number of halogens is 2. The van der Waals surface area contributed by atoms with Crippen LogP contribution in [0.2, 0.25) is 0 Å². The molecule has 0 radical (unpaired) electrons. The average Bonchev–Trinajstić information content (AvgIpc) is 2.39. The highest BCUT2D eigenvalue weighted by Gasteiger charge is 2.20. The van der Waals surface area contributed by atoms with Gasteiger partial charge in [0.25, 0.3) is 0 Å². The van der Waals surface area contributed by atoms with Gasteiger partial charge in [-0.15, -0.1) is 0 Å². The van der Waals surface area contributed by atoms with Crippen molar-refractivity contribution in [3.05, 3.63) is 24.3 Å². The van der Waals surface area contributed by atoms with Gasteiger partial charge < -0.3 is 10.1 Å². The molecule has 1 rings (SSSR count). The molecule has 0 aliphatic rings. The number of benzene rings is 1. The third kappa shape index (κ3) is 5.95. The summed E-state index contributed by atoms with van der Waals surface area (Å²) < 4.78 is 28.4. The van der Waals surface area contributed by atoms with Crippen molar-refractivity contribution >= 4 is 11.6 Å². The van der Waals surface area contributed by atoms with E-state index in [4.69, 9.17) is 5.26 Å². The minimum Gasteiger partial charge on any atom is -0.435 e. The Morgan fingerprint density at radius 3 is 2.32 bits per heavy atom. The SMILES string of the molecule is CC(N=C(NC#N)Nc1ccc(OC(F)F)cc1)C(C)(C)C. The van der Waals surface area contributed by atoms with E-state index >= 15 is 0 Å². The summed E-state index contributed by atoms with van der Waals surface area (Å²) in [6.45, 7) is 5.22. The lowest BCUT2D eigenvalue weighted by Gasteiger charge is -2.24. The minimum atomic E-state index is -2.86. The number of nitrogens with one attached hydrogen (secondary N) is 2. The summed E-state index contributed by atoms with van der Waals surface area (Å²) >= 11 is 0. The Bertz CT molecular complexity index is 544. The normalized spacial score (nSPS) is 13.5. The molecule has 0 aliphatic heterocycles. The summed E-state index contributed by atoms with van der Waals surface area (Å²) in [5.41, 5.74) is 0.545. The number of alkyl halides is 2. The van der Waals surface area contributed by atoms with E-state index in [2.05, 4.69) is 20.4 Å². The summed E-state index contributed by atoms with van der Waals surface area (Å²) in [5.74, 6) is 0.364. The second-order valence-corrected chi connectivity index (χ2v) is 5.78. The number of nitrogens with zero attached hydrogens (tertiary/aromatic N) is 2. The topological polar surface area (TPSA) is 69.4 Å². The molecule has 2 N–H and O–H groups in total. The second-order valence-electron chi connectivity index (χ2n) is 5.78. The van der Waals surface area contributed by atoms with Crippen molar-refractivity contribution in [1.29, 1.82) is 5.26 Å². The second kappa shape index (κ2) is 7.59. The first-order valence-electron chi connectivity index (χ1n) is 6.77. The lowest BCUT2D eigenvalue weighted by molar-refractivity contribution is -0.0498. The molecule has 0 bridgehead atoms. The van der Waals surface area contributed by atoms with Crippen LogP contribution in [0, 0.1) is 16.9 Å². The van der Waals surface area contributed by atoms with Crippen molar-refractivity contribution in [1.82, 2.24) is 5.32 Å². The van der Waals surface area contributed by atoms with Gasteiger partial charge in [0.05, 0.1) is 6.04 Å². The average molecular weight is 310 g/mol. The highest BCUT2D eigenvalue weighted by atomic mass is 19.3. The van der Waals surface area contributed by atoms with Crippen LogP contribution in [0.25, 0.3) is 0 Å². The number of anilines is 1. The maximum Gasteiger partial charge on any atom is 0.387 e. The Kier molecular flexibility index (Phi) is 6.11. The molecule has 0 aromatic heterocycles. The zero-order chi connectivity index (χ0) is 16.8. The molecule has 1 aromatic rings. The monoisotopic (exact) mass is 310 g/mol. The molecule has 0 spiro atoms. The summed E-state index contributed by atoms with van der Waals surface area (Å²) in [6.07, 6.45) is 1.82. The van der Waals surface area contributed by atoms with Gasteiger partial charge in [0.15, 0.2) is 6.19 Å². The fourth-order valence-corrected chi connectivity index (χ4v) is 1.39. The van der Waals surface area contributed by atoms with Crippen LogP contribution >= 0.6 is 0 Å². The van der Waals surface area contributed by atoms with Crippen LogP contribution in [0.15, 0.2) is 29.3 Å².